The zero-order valence-electron chi connectivity index (χ0n) is 12.4. The zero-order valence-corrected chi connectivity index (χ0v) is 13.2. The number of amides is 2. The van der Waals surface area contributed by atoms with E-state index in [0.29, 0.717) is 23.0 Å². The van der Waals surface area contributed by atoms with Crippen molar-refractivity contribution in [2.75, 3.05) is 16.9 Å². The second kappa shape index (κ2) is 5.92. The minimum Gasteiger partial charge on any atom is -0.359 e. The summed E-state index contributed by atoms with van der Waals surface area (Å²) in [6, 6.07) is 6.55. The number of carbonyl (C=O) groups is 1. The molecule has 1 fully saturated rings. The molecule has 116 valence electrons. The van der Waals surface area contributed by atoms with E-state index in [0.717, 1.165) is 23.5 Å². The minimum atomic E-state index is -1.03. The summed E-state index contributed by atoms with van der Waals surface area (Å²) < 4.78 is 16.6. The van der Waals surface area contributed by atoms with Crippen molar-refractivity contribution in [1.29, 1.82) is 0 Å². The number of hydrogen-bond acceptors (Lipinski definition) is 4. The first-order valence-corrected chi connectivity index (χ1v) is 8.58. The fourth-order valence-electron chi connectivity index (χ4n) is 2.17. The van der Waals surface area contributed by atoms with E-state index in [1.807, 2.05) is 0 Å². The molecule has 7 heteroatoms. The third kappa shape index (κ3) is 3.19. The van der Waals surface area contributed by atoms with E-state index in [4.69, 9.17) is 4.52 Å². The van der Waals surface area contributed by atoms with Crippen molar-refractivity contribution >= 4 is 28.2 Å². The molecule has 3 rings (SSSR count). The summed E-state index contributed by atoms with van der Waals surface area (Å²) in [5.41, 5.74) is 1.97. The number of anilines is 2. The maximum Gasteiger partial charge on any atom is 0.323 e. The Morgan fingerprint density at radius 2 is 1.95 bits per heavy atom. The molecule has 1 heterocycles. The molecule has 0 radical (unpaired) electrons. The molecule has 2 aromatic rings. The Balaban J connectivity index is 1.67. The van der Waals surface area contributed by atoms with Crippen LogP contribution in [0.2, 0.25) is 0 Å². The van der Waals surface area contributed by atoms with E-state index >= 15 is 0 Å². The van der Waals surface area contributed by atoms with Gasteiger partial charge in [-0.15, -0.1) is 0 Å². The number of aromatic nitrogens is 1. The first-order chi connectivity index (χ1) is 10.5. The van der Waals surface area contributed by atoms with Crippen LogP contribution in [0.1, 0.15) is 30.2 Å². The van der Waals surface area contributed by atoms with Crippen LogP contribution < -0.4 is 10.6 Å². The van der Waals surface area contributed by atoms with Gasteiger partial charge < -0.3 is 15.2 Å². The van der Waals surface area contributed by atoms with Crippen LogP contribution in [-0.4, -0.2) is 21.7 Å². The van der Waals surface area contributed by atoms with E-state index < -0.39 is 10.8 Å². The topological polar surface area (TPSA) is 84.2 Å². The van der Waals surface area contributed by atoms with Crippen LogP contribution in [0.3, 0.4) is 0 Å². The quantitative estimate of drug-likeness (QED) is 0.906. The molecule has 0 bridgehead atoms. The van der Waals surface area contributed by atoms with Crippen molar-refractivity contribution in [2.24, 2.45) is 0 Å². The van der Waals surface area contributed by atoms with Gasteiger partial charge in [-0.1, -0.05) is 5.16 Å². The molecular weight excluding hydrogens is 302 g/mol. The molecule has 1 aliphatic rings. The first-order valence-electron chi connectivity index (χ1n) is 7.02. The summed E-state index contributed by atoms with van der Waals surface area (Å²) in [4.78, 5) is 12.8. The number of urea groups is 1. The molecular formula is C15H17N3O3S. The van der Waals surface area contributed by atoms with Crippen LogP contribution in [0.15, 0.2) is 33.7 Å². The highest BCUT2D eigenvalue weighted by Gasteiger charge is 2.32. The summed E-state index contributed by atoms with van der Waals surface area (Å²) in [5, 5.41) is 9.46. The van der Waals surface area contributed by atoms with Crippen LogP contribution in [-0.2, 0) is 10.8 Å². The zero-order chi connectivity index (χ0) is 15.7. The average Bonchev–Trinajstić information content (AvgIpc) is 3.26. The molecule has 22 heavy (non-hydrogen) atoms. The summed E-state index contributed by atoms with van der Waals surface area (Å²) in [6.45, 7) is 1.80. The third-order valence-electron chi connectivity index (χ3n) is 3.52. The van der Waals surface area contributed by atoms with Gasteiger partial charge in [0.2, 0.25) is 0 Å². The molecule has 2 amide bonds. The number of nitrogens with one attached hydrogen (secondary N) is 2. The van der Waals surface area contributed by atoms with Crippen molar-refractivity contribution in [3.63, 3.8) is 0 Å². The van der Waals surface area contributed by atoms with E-state index in [1.165, 1.54) is 0 Å². The van der Waals surface area contributed by atoms with E-state index in [1.54, 1.807) is 37.4 Å². The summed E-state index contributed by atoms with van der Waals surface area (Å²) in [7, 11) is -1.03. The SMILES string of the molecule is Cc1noc(C2CC2)c1NC(=O)Nc1ccc([S@@](C)=O)cc1. The molecule has 0 saturated heterocycles. The Morgan fingerprint density at radius 3 is 2.55 bits per heavy atom. The second-order valence-corrected chi connectivity index (χ2v) is 6.72. The van der Waals surface area contributed by atoms with E-state index in [9.17, 15) is 9.00 Å². The lowest BCUT2D eigenvalue weighted by Gasteiger charge is -2.08. The van der Waals surface area contributed by atoms with Crippen LogP contribution in [0.5, 0.6) is 0 Å². The maximum atomic E-state index is 12.1. The van der Waals surface area contributed by atoms with Crippen LogP contribution in [0, 0.1) is 6.92 Å². The maximum absolute atomic E-state index is 12.1. The Hall–Kier alpha value is -2.15. The smallest absolute Gasteiger partial charge is 0.323 e. The molecule has 0 unspecified atom stereocenters. The number of nitrogens with zero attached hydrogens (tertiary/aromatic N) is 1. The molecule has 0 spiro atoms. The van der Waals surface area contributed by atoms with Crippen molar-refractivity contribution in [2.45, 2.75) is 30.6 Å². The van der Waals surface area contributed by atoms with Crippen LogP contribution in [0.25, 0.3) is 0 Å². The van der Waals surface area contributed by atoms with Gasteiger partial charge in [0.1, 0.15) is 11.4 Å². The van der Waals surface area contributed by atoms with Gasteiger partial charge in [0.25, 0.3) is 0 Å². The second-order valence-electron chi connectivity index (χ2n) is 5.34. The number of aryl methyl sites for hydroxylation is 1. The van der Waals surface area contributed by atoms with Crippen LogP contribution in [0.4, 0.5) is 16.2 Å². The summed E-state index contributed by atoms with van der Waals surface area (Å²) in [5.74, 6) is 1.12. The molecule has 0 aliphatic heterocycles. The number of benzene rings is 1. The standard InChI is InChI=1S/C15H17N3O3S/c1-9-13(14(21-18-9)10-3-4-10)17-15(19)16-11-5-7-12(8-6-11)22(2)20/h5-8,10H,3-4H2,1-2H3,(H2,16,17,19)/t22-/m1/s1. The molecule has 1 aromatic carbocycles. The highest BCUT2D eigenvalue weighted by Crippen LogP contribution is 2.44. The molecule has 1 aliphatic carbocycles. The Labute approximate surface area is 130 Å². The van der Waals surface area contributed by atoms with Crippen molar-refractivity contribution in [3.8, 4) is 0 Å². The average molecular weight is 319 g/mol. The molecule has 1 saturated carbocycles. The molecule has 1 aromatic heterocycles. The predicted octanol–water partition coefficient (Wildman–Crippen LogP) is 3.24. The van der Waals surface area contributed by atoms with Crippen molar-refractivity contribution in [3.05, 3.63) is 35.7 Å². The monoisotopic (exact) mass is 319 g/mol. The van der Waals surface area contributed by atoms with Gasteiger partial charge in [-0.3, -0.25) is 4.21 Å². The molecule has 1 atom stereocenters. The number of carbonyl (C=O) groups excluding carboxylic acids is 1. The Bertz CT molecular complexity index is 720. The Kier molecular flexibility index (Phi) is 3.98. The van der Waals surface area contributed by atoms with Gasteiger partial charge in [-0.25, -0.2) is 4.79 Å². The molecule has 2 N–H and O–H groups in total. The number of rotatable bonds is 4. The van der Waals surface area contributed by atoms with E-state index in [2.05, 4.69) is 15.8 Å². The highest BCUT2D eigenvalue weighted by molar-refractivity contribution is 7.84. The fourth-order valence-corrected chi connectivity index (χ4v) is 2.69. The van der Waals surface area contributed by atoms with Crippen molar-refractivity contribution < 1.29 is 13.5 Å². The van der Waals surface area contributed by atoms with Gasteiger partial charge in [-0.05, 0) is 44.0 Å². The summed E-state index contributed by atoms with van der Waals surface area (Å²) in [6.07, 6.45) is 3.75. The lowest BCUT2D eigenvalue weighted by molar-refractivity contribution is 0.262. The highest BCUT2D eigenvalue weighted by atomic mass is 32.2. The fraction of sp³-hybridized carbons (Fsp3) is 0.333. The van der Waals surface area contributed by atoms with Crippen molar-refractivity contribution in [1.82, 2.24) is 5.16 Å². The predicted molar refractivity (Wildman–Crippen MR) is 84.6 cm³/mol. The summed E-state index contributed by atoms with van der Waals surface area (Å²) >= 11 is 0. The van der Waals surface area contributed by atoms with Gasteiger partial charge >= 0.3 is 6.03 Å². The van der Waals surface area contributed by atoms with E-state index in [-0.39, 0.29) is 6.03 Å². The van der Waals surface area contributed by atoms with Gasteiger partial charge in [0, 0.05) is 33.6 Å². The van der Waals surface area contributed by atoms with Crippen LogP contribution >= 0.6 is 0 Å². The minimum absolute atomic E-state index is 0.349. The largest absolute Gasteiger partial charge is 0.359 e. The molecule has 6 nitrogen and oxygen atoms in total. The van der Waals surface area contributed by atoms with Gasteiger partial charge in [0.15, 0.2) is 5.76 Å². The third-order valence-corrected chi connectivity index (χ3v) is 4.46. The normalized spacial score (nSPS) is 15.4. The van der Waals surface area contributed by atoms with Gasteiger partial charge in [-0.2, -0.15) is 0 Å². The Morgan fingerprint density at radius 1 is 1.27 bits per heavy atom. The number of hydrogen-bond donors (Lipinski definition) is 2. The lowest BCUT2D eigenvalue weighted by atomic mass is 10.2. The first kappa shape index (κ1) is 14.8. The lowest BCUT2D eigenvalue weighted by Crippen LogP contribution is -2.20. The van der Waals surface area contributed by atoms with Gasteiger partial charge in [0.05, 0.1) is 0 Å².